The van der Waals surface area contributed by atoms with Gasteiger partial charge in [-0.25, -0.2) is 4.90 Å². The molecule has 2 aliphatic rings. The molecule has 156 valence electrons. The van der Waals surface area contributed by atoms with Crippen LogP contribution in [0, 0.1) is 12.8 Å². The summed E-state index contributed by atoms with van der Waals surface area (Å²) in [5.41, 5.74) is 3.13. The summed E-state index contributed by atoms with van der Waals surface area (Å²) in [5, 5.41) is 9.65. The van der Waals surface area contributed by atoms with Crippen molar-refractivity contribution < 1.29 is 19.4 Å². The Balaban J connectivity index is 1.79. The Kier molecular flexibility index (Phi) is 5.59. The SMILES string of the molecule is COc1ccc(C2=C(N3CCCC(CO)C3)C(=O)N(c3ccc(C)cc3)C2=O)cc1. The Morgan fingerprint density at radius 1 is 1.03 bits per heavy atom. The monoisotopic (exact) mass is 406 g/mol. The van der Waals surface area contributed by atoms with Crippen LogP contribution in [0.2, 0.25) is 0 Å². The molecule has 2 heterocycles. The number of nitrogens with zero attached hydrogens (tertiary/aromatic N) is 2. The van der Waals surface area contributed by atoms with Gasteiger partial charge in [0, 0.05) is 19.7 Å². The molecule has 0 saturated carbocycles. The van der Waals surface area contributed by atoms with Crippen molar-refractivity contribution in [1.29, 1.82) is 0 Å². The van der Waals surface area contributed by atoms with Gasteiger partial charge in [0.2, 0.25) is 0 Å². The predicted molar refractivity (Wildman–Crippen MR) is 115 cm³/mol. The first-order chi connectivity index (χ1) is 14.5. The Labute approximate surface area is 176 Å². The number of anilines is 1. The fraction of sp³-hybridized carbons (Fsp3) is 0.333. The standard InChI is InChI=1S/C24H26N2O4/c1-16-5-9-19(10-6-16)26-23(28)21(18-7-11-20(30-2)12-8-18)22(24(26)29)25-13-3-4-17(14-25)15-27/h5-12,17,27H,3-4,13-15H2,1-2H3. The number of amides is 2. The number of carbonyl (C=O) groups excluding carboxylic acids is 2. The van der Waals surface area contributed by atoms with Crippen LogP contribution in [0.15, 0.2) is 54.2 Å². The second kappa shape index (κ2) is 8.32. The van der Waals surface area contributed by atoms with Crippen LogP contribution < -0.4 is 9.64 Å². The fourth-order valence-corrected chi connectivity index (χ4v) is 4.17. The van der Waals surface area contributed by atoms with Gasteiger partial charge in [0.15, 0.2) is 0 Å². The highest BCUT2D eigenvalue weighted by molar-refractivity contribution is 6.45. The van der Waals surface area contributed by atoms with E-state index < -0.39 is 0 Å². The second-order valence-corrected chi connectivity index (χ2v) is 7.87. The topological polar surface area (TPSA) is 70.1 Å². The number of likely N-dealkylation sites (tertiary alicyclic amines) is 1. The lowest BCUT2D eigenvalue weighted by molar-refractivity contribution is -0.120. The van der Waals surface area contributed by atoms with Gasteiger partial charge in [0.05, 0.1) is 18.4 Å². The van der Waals surface area contributed by atoms with Crippen LogP contribution in [-0.4, -0.2) is 48.6 Å². The fourth-order valence-electron chi connectivity index (χ4n) is 4.17. The maximum atomic E-state index is 13.5. The van der Waals surface area contributed by atoms with Crippen LogP contribution in [0.1, 0.15) is 24.0 Å². The molecule has 6 nitrogen and oxygen atoms in total. The zero-order chi connectivity index (χ0) is 21.3. The number of hydrogen-bond donors (Lipinski definition) is 1. The summed E-state index contributed by atoms with van der Waals surface area (Å²) in [5.74, 6) is 0.148. The minimum absolute atomic E-state index is 0.0749. The van der Waals surface area contributed by atoms with E-state index >= 15 is 0 Å². The summed E-state index contributed by atoms with van der Waals surface area (Å²) in [6.45, 7) is 3.29. The predicted octanol–water partition coefficient (Wildman–Crippen LogP) is 2.99. The van der Waals surface area contributed by atoms with E-state index in [1.807, 2.05) is 36.1 Å². The summed E-state index contributed by atoms with van der Waals surface area (Å²) >= 11 is 0. The van der Waals surface area contributed by atoms with Gasteiger partial charge in [-0.2, -0.15) is 0 Å². The number of methoxy groups -OCH3 is 1. The number of imide groups is 1. The van der Waals surface area contributed by atoms with Gasteiger partial charge < -0.3 is 14.7 Å². The highest BCUT2D eigenvalue weighted by Crippen LogP contribution is 2.37. The number of aryl methyl sites for hydroxylation is 1. The first kappa shape index (κ1) is 20.2. The van der Waals surface area contributed by atoms with Crippen LogP contribution >= 0.6 is 0 Å². The summed E-state index contributed by atoms with van der Waals surface area (Å²) in [7, 11) is 1.59. The molecular formula is C24H26N2O4. The average molecular weight is 406 g/mol. The average Bonchev–Trinajstić information content (AvgIpc) is 3.04. The third-order valence-electron chi connectivity index (χ3n) is 5.82. The zero-order valence-corrected chi connectivity index (χ0v) is 17.3. The van der Waals surface area contributed by atoms with Crippen LogP contribution in [0.4, 0.5) is 5.69 Å². The first-order valence-electron chi connectivity index (χ1n) is 10.2. The van der Waals surface area contributed by atoms with E-state index in [0.717, 1.165) is 18.4 Å². The van der Waals surface area contributed by atoms with Gasteiger partial charge in [-0.3, -0.25) is 9.59 Å². The number of hydrogen-bond acceptors (Lipinski definition) is 5. The Morgan fingerprint density at radius 3 is 2.37 bits per heavy atom. The van der Waals surface area contributed by atoms with Crippen molar-refractivity contribution in [2.75, 3.05) is 31.7 Å². The Hall–Kier alpha value is -3.12. The summed E-state index contributed by atoms with van der Waals surface area (Å²) in [6, 6.07) is 14.6. The molecule has 1 atom stereocenters. The third kappa shape index (κ3) is 3.59. The molecule has 0 aliphatic carbocycles. The van der Waals surface area contributed by atoms with Crippen molar-refractivity contribution in [2.24, 2.45) is 5.92 Å². The Bertz CT molecular complexity index is 979. The van der Waals surface area contributed by atoms with E-state index in [2.05, 4.69) is 0 Å². The maximum absolute atomic E-state index is 13.5. The molecule has 0 bridgehead atoms. The number of aliphatic hydroxyl groups is 1. The van der Waals surface area contributed by atoms with Crippen LogP contribution in [0.25, 0.3) is 5.57 Å². The lowest BCUT2D eigenvalue weighted by atomic mass is 9.97. The number of piperidine rings is 1. The van der Waals surface area contributed by atoms with Crippen molar-refractivity contribution in [3.8, 4) is 5.75 Å². The van der Waals surface area contributed by atoms with Crippen molar-refractivity contribution in [2.45, 2.75) is 19.8 Å². The lowest BCUT2D eigenvalue weighted by Crippen LogP contribution is -2.40. The smallest absolute Gasteiger partial charge is 0.282 e. The molecule has 30 heavy (non-hydrogen) atoms. The molecule has 2 amide bonds. The number of ether oxygens (including phenoxy) is 1. The molecule has 4 rings (SSSR count). The number of rotatable bonds is 5. The van der Waals surface area contributed by atoms with Crippen LogP contribution in [0.3, 0.4) is 0 Å². The highest BCUT2D eigenvalue weighted by Gasteiger charge is 2.43. The van der Waals surface area contributed by atoms with Gasteiger partial charge in [-0.1, -0.05) is 29.8 Å². The molecule has 0 aromatic heterocycles. The molecule has 6 heteroatoms. The second-order valence-electron chi connectivity index (χ2n) is 7.87. The number of carbonyl (C=O) groups is 2. The lowest BCUT2D eigenvalue weighted by Gasteiger charge is -2.34. The van der Waals surface area contributed by atoms with Gasteiger partial charge in [0.25, 0.3) is 11.8 Å². The van der Waals surface area contributed by atoms with E-state index in [1.165, 1.54) is 4.90 Å². The van der Waals surface area contributed by atoms with Crippen molar-refractivity contribution in [3.63, 3.8) is 0 Å². The number of benzene rings is 2. The van der Waals surface area contributed by atoms with E-state index in [9.17, 15) is 14.7 Å². The minimum Gasteiger partial charge on any atom is -0.497 e. The molecule has 1 saturated heterocycles. The van der Waals surface area contributed by atoms with Crippen molar-refractivity contribution >= 4 is 23.1 Å². The molecule has 1 N–H and O–H groups in total. The van der Waals surface area contributed by atoms with Gasteiger partial charge in [0.1, 0.15) is 11.4 Å². The van der Waals surface area contributed by atoms with E-state index in [1.54, 1.807) is 31.4 Å². The highest BCUT2D eigenvalue weighted by atomic mass is 16.5. The number of aliphatic hydroxyl groups excluding tert-OH is 1. The summed E-state index contributed by atoms with van der Waals surface area (Å²) < 4.78 is 5.24. The van der Waals surface area contributed by atoms with Crippen LogP contribution in [0.5, 0.6) is 5.75 Å². The third-order valence-corrected chi connectivity index (χ3v) is 5.82. The molecule has 1 unspecified atom stereocenters. The molecular weight excluding hydrogens is 380 g/mol. The molecule has 2 aromatic carbocycles. The Morgan fingerprint density at radius 2 is 1.73 bits per heavy atom. The molecule has 2 aromatic rings. The summed E-state index contributed by atoms with van der Waals surface area (Å²) in [6.07, 6.45) is 1.79. The van der Waals surface area contributed by atoms with E-state index in [0.29, 0.717) is 41.4 Å². The van der Waals surface area contributed by atoms with Gasteiger partial charge in [-0.05, 0) is 55.5 Å². The zero-order valence-electron chi connectivity index (χ0n) is 17.3. The first-order valence-corrected chi connectivity index (χ1v) is 10.2. The van der Waals surface area contributed by atoms with E-state index in [-0.39, 0.29) is 24.3 Å². The van der Waals surface area contributed by atoms with E-state index in [4.69, 9.17) is 4.74 Å². The maximum Gasteiger partial charge on any atom is 0.282 e. The normalized spacial score (nSPS) is 19.6. The minimum atomic E-state index is -0.324. The molecule has 0 spiro atoms. The molecule has 0 radical (unpaired) electrons. The summed E-state index contributed by atoms with van der Waals surface area (Å²) in [4.78, 5) is 30.3. The van der Waals surface area contributed by atoms with Crippen molar-refractivity contribution in [1.82, 2.24) is 4.90 Å². The van der Waals surface area contributed by atoms with Gasteiger partial charge >= 0.3 is 0 Å². The molecule has 1 fully saturated rings. The molecule has 2 aliphatic heterocycles. The quantitative estimate of drug-likeness (QED) is 0.773. The van der Waals surface area contributed by atoms with Crippen molar-refractivity contribution in [3.05, 3.63) is 65.4 Å². The largest absolute Gasteiger partial charge is 0.497 e. The van der Waals surface area contributed by atoms with Crippen LogP contribution in [-0.2, 0) is 9.59 Å². The van der Waals surface area contributed by atoms with Gasteiger partial charge in [-0.15, -0.1) is 0 Å².